The van der Waals surface area contributed by atoms with Crippen LogP contribution >= 0.6 is 11.8 Å². The minimum absolute atomic E-state index is 0.111. The molecule has 2 aromatic carbocycles. The molecule has 9 nitrogen and oxygen atoms in total. The van der Waals surface area contributed by atoms with Gasteiger partial charge in [-0.05, 0) is 35.0 Å². The van der Waals surface area contributed by atoms with Gasteiger partial charge in [0.05, 0.1) is 16.9 Å². The van der Waals surface area contributed by atoms with Gasteiger partial charge >= 0.3 is 0 Å². The van der Waals surface area contributed by atoms with E-state index in [0.717, 1.165) is 22.5 Å². The zero-order valence-electron chi connectivity index (χ0n) is 17.5. The molecule has 0 unspecified atom stereocenters. The van der Waals surface area contributed by atoms with Crippen molar-refractivity contribution in [3.05, 3.63) is 60.9 Å². The van der Waals surface area contributed by atoms with E-state index in [0.29, 0.717) is 18.8 Å². The maximum absolute atomic E-state index is 13.1. The summed E-state index contributed by atoms with van der Waals surface area (Å²) in [6.45, 7) is 1.14. The molecule has 1 amide bonds. The van der Waals surface area contributed by atoms with Crippen LogP contribution in [-0.4, -0.2) is 65.7 Å². The lowest BCUT2D eigenvalue weighted by molar-refractivity contribution is -0.129. The quantitative estimate of drug-likeness (QED) is 0.384. The van der Waals surface area contributed by atoms with Gasteiger partial charge in [0, 0.05) is 26.2 Å². The van der Waals surface area contributed by atoms with Crippen LogP contribution in [0.1, 0.15) is 0 Å². The number of amides is 1. The lowest BCUT2D eigenvalue weighted by atomic mass is 10.1. The van der Waals surface area contributed by atoms with E-state index in [4.69, 9.17) is 8.83 Å². The number of thioether (sulfide) groups is 1. The standard InChI is InChI=1S/C22H20N4O5S2/c27-20(15-32-22-24-23-21(31-22)19-6-3-13-30-19)25-9-11-26(12-10-25)33(28,29)18-8-7-16-4-1-2-5-17(16)14-18/h1-8,13-14H,9-12,15H2. The molecular formula is C22H20N4O5S2. The van der Waals surface area contributed by atoms with E-state index in [-0.39, 0.29) is 40.8 Å². The topological polar surface area (TPSA) is 110 Å². The molecule has 3 heterocycles. The Morgan fingerprint density at radius 2 is 1.76 bits per heavy atom. The molecule has 0 radical (unpaired) electrons. The number of carbonyl (C=O) groups excluding carboxylic acids is 1. The van der Waals surface area contributed by atoms with Crippen LogP contribution < -0.4 is 0 Å². The third-order valence-electron chi connectivity index (χ3n) is 5.41. The molecule has 4 aromatic rings. The van der Waals surface area contributed by atoms with E-state index in [1.54, 1.807) is 29.2 Å². The first-order chi connectivity index (χ1) is 16.0. The summed E-state index contributed by atoms with van der Waals surface area (Å²) >= 11 is 1.14. The van der Waals surface area contributed by atoms with Gasteiger partial charge in [0.2, 0.25) is 15.9 Å². The Bertz CT molecular complexity index is 1380. The summed E-state index contributed by atoms with van der Waals surface area (Å²) in [5.41, 5.74) is 0. The minimum atomic E-state index is -3.63. The van der Waals surface area contributed by atoms with Crippen molar-refractivity contribution in [2.45, 2.75) is 10.1 Å². The third-order valence-corrected chi connectivity index (χ3v) is 8.11. The molecule has 0 aliphatic carbocycles. The number of benzene rings is 2. The fourth-order valence-electron chi connectivity index (χ4n) is 3.64. The predicted molar refractivity (Wildman–Crippen MR) is 122 cm³/mol. The molecule has 0 N–H and O–H groups in total. The summed E-state index contributed by atoms with van der Waals surface area (Å²) in [6, 6.07) is 16.2. The number of hydrogen-bond donors (Lipinski definition) is 0. The number of furan rings is 1. The highest BCUT2D eigenvalue weighted by molar-refractivity contribution is 7.99. The highest BCUT2D eigenvalue weighted by atomic mass is 32.2. The Hall–Kier alpha value is -3.15. The molecule has 0 spiro atoms. The van der Waals surface area contributed by atoms with Crippen LogP contribution in [0.25, 0.3) is 22.4 Å². The Balaban J connectivity index is 1.17. The highest BCUT2D eigenvalue weighted by Gasteiger charge is 2.30. The molecule has 1 aliphatic rings. The van der Waals surface area contributed by atoms with Gasteiger partial charge in [-0.2, -0.15) is 4.31 Å². The summed E-state index contributed by atoms with van der Waals surface area (Å²) in [5.74, 6) is 0.726. The molecule has 0 saturated carbocycles. The van der Waals surface area contributed by atoms with Crippen LogP contribution in [0.3, 0.4) is 0 Å². The average molecular weight is 485 g/mol. The van der Waals surface area contributed by atoms with E-state index >= 15 is 0 Å². The number of sulfonamides is 1. The average Bonchev–Trinajstić information content (AvgIpc) is 3.54. The van der Waals surface area contributed by atoms with Crippen molar-refractivity contribution in [3.8, 4) is 11.7 Å². The van der Waals surface area contributed by atoms with Gasteiger partial charge in [-0.1, -0.05) is 42.1 Å². The van der Waals surface area contributed by atoms with Crippen molar-refractivity contribution < 1.29 is 22.0 Å². The largest absolute Gasteiger partial charge is 0.459 e. The van der Waals surface area contributed by atoms with Crippen molar-refractivity contribution in [2.24, 2.45) is 0 Å². The smallest absolute Gasteiger partial charge is 0.284 e. The number of hydrogen-bond acceptors (Lipinski definition) is 8. The van der Waals surface area contributed by atoms with Gasteiger partial charge < -0.3 is 13.7 Å². The van der Waals surface area contributed by atoms with E-state index < -0.39 is 10.0 Å². The van der Waals surface area contributed by atoms with Gasteiger partial charge in [0.1, 0.15) is 0 Å². The van der Waals surface area contributed by atoms with E-state index in [1.165, 1.54) is 10.6 Å². The lowest BCUT2D eigenvalue weighted by Crippen LogP contribution is -2.50. The Morgan fingerprint density at radius 3 is 2.52 bits per heavy atom. The van der Waals surface area contributed by atoms with Crippen LogP contribution in [0.4, 0.5) is 0 Å². The zero-order chi connectivity index (χ0) is 22.8. The molecule has 170 valence electrons. The molecule has 1 aliphatic heterocycles. The van der Waals surface area contributed by atoms with Crippen LogP contribution in [0.5, 0.6) is 0 Å². The predicted octanol–water partition coefficient (Wildman–Crippen LogP) is 3.11. The van der Waals surface area contributed by atoms with Gasteiger partial charge in [-0.25, -0.2) is 8.42 Å². The van der Waals surface area contributed by atoms with Crippen molar-refractivity contribution >= 4 is 38.5 Å². The molecule has 1 fully saturated rings. The molecular weight excluding hydrogens is 464 g/mol. The second-order valence-electron chi connectivity index (χ2n) is 7.43. The van der Waals surface area contributed by atoms with E-state index in [1.807, 2.05) is 30.3 Å². The Morgan fingerprint density at radius 1 is 0.970 bits per heavy atom. The molecule has 1 saturated heterocycles. The Labute approximate surface area is 194 Å². The minimum Gasteiger partial charge on any atom is -0.459 e. The number of carbonyl (C=O) groups is 1. The fraction of sp³-hybridized carbons (Fsp3) is 0.227. The number of aromatic nitrogens is 2. The van der Waals surface area contributed by atoms with E-state index in [9.17, 15) is 13.2 Å². The third kappa shape index (κ3) is 4.52. The zero-order valence-corrected chi connectivity index (χ0v) is 19.1. The molecule has 5 rings (SSSR count). The van der Waals surface area contributed by atoms with Crippen molar-refractivity contribution in [1.82, 2.24) is 19.4 Å². The molecule has 0 atom stereocenters. The Kier molecular flexibility index (Phi) is 5.92. The summed E-state index contributed by atoms with van der Waals surface area (Å²) < 4.78 is 38.3. The first kappa shape index (κ1) is 21.7. The normalized spacial score (nSPS) is 15.2. The number of nitrogens with zero attached hydrogens (tertiary/aromatic N) is 4. The first-order valence-corrected chi connectivity index (χ1v) is 12.7. The van der Waals surface area contributed by atoms with Crippen molar-refractivity contribution in [3.63, 3.8) is 0 Å². The van der Waals surface area contributed by atoms with Gasteiger partial charge in [0.15, 0.2) is 5.76 Å². The summed E-state index contributed by atoms with van der Waals surface area (Å²) in [7, 11) is -3.63. The van der Waals surface area contributed by atoms with E-state index in [2.05, 4.69) is 10.2 Å². The monoisotopic (exact) mass is 484 g/mol. The second-order valence-corrected chi connectivity index (χ2v) is 10.3. The molecule has 0 bridgehead atoms. The maximum Gasteiger partial charge on any atom is 0.284 e. The van der Waals surface area contributed by atoms with Crippen LogP contribution in [0, 0.1) is 0 Å². The summed E-state index contributed by atoms with van der Waals surface area (Å²) in [6.07, 6.45) is 1.51. The van der Waals surface area contributed by atoms with Crippen molar-refractivity contribution in [1.29, 1.82) is 0 Å². The number of rotatable bonds is 6. The van der Waals surface area contributed by atoms with Gasteiger partial charge in [0.25, 0.3) is 11.1 Å². The summed E-state index contributed by atoms with van der Waals surface area (Å²) in [5, 5.41) is 9.96. The molecule has 33 heavy (non-hydrogen) atoms. The highest BCUT2D eigenvalue weighted by Crippen LogP contribution is 2.25. The first-order valence-electron chi connectivity index (χ1n) is 10.3. The fourth-order valence-corrected chi connectivity index (χ4v) is 5.76. The van der Waals surface area contributed by atoms with Gasteiger partial charge in [-0.15, -0.1) is 10.2 Å². The molecule has 2 aromatic heterocycles. The maximum atomic E-state index is 13.1. The van der Waals surface area contributed by atoms with Gasteiger partial charge in [-0.3, -0.25) is 4.79 Å². The summed E-state index contributed by atoms with van der Waals surface area (Å²) in [4.78, 5) is 14.5. The lowest BCUT2D eigenvalue weighted by Gasteiger charge is -2.34. The number of fused-ring (bicyclic) bond motifs is 1. The molecule has 11 heteroatoms. The van der Waals surface area contributed by atoms with Crippen LogP contribution in [-0.2, 0) is 14.8 Å². The van der Waals surface area contributed by atoms with Crippen molar-refractivity contribution in [2.75, 3.05) is 31.9 Å². The number of piperazine rings is 1. The second kappa shape index (κ2) is 9.00. The SMILES string of the molecule is O=C(CSc1nnc(-c2ccco2)o1)N1CCN(S(=O)(=O)c2ccc3ccccc3c2)CC1. The van der Waals surface area contributed by atoms with Crippen LogP contribution in [0.15, 0.2) is 79.8 Å². The van der Waals surface area contributed by atoms with Crippen LogP contribution in [0.2, 0.25) is 0 Å².